The number of nitrogens with one attached hydrogen (secondary N) is 2. The molecule has 4 heteroatoms. The van der Waals surface area contributed by atoms with Gasteiger partial charge in [0.1, 0.15) is 11.6 Å². The minimum absolute atomic E-state index is 0.610. The molecule has 0 spiro atoms. The molecule has 0 saturated carbocycles. The molecule has 1 aliphatic heterocycles. The number of hydrogen-bond acceptors (Lipinski definition) is 3. The molecule has 2 N–H and O–H groups in total. The number of nitrogens with zero attached hydrogens (tertiary/aromatic N) is 1. The van der Waals surface area contributed by atoms with Gasteiger partial charge >= 0.3 is 0 Å². The van der Waals surface area contributed by atoms with Crippen molar-refractivity contribution in [2.75, 3.05) is 19.7 Å². The van der Waals surface area contributed by atoms with Gasteiger partial charge in [0.15, 0.2) is 0 Å². The first-order chi connectivity index (χ1) is 10.9. The molecule has 1 aromatic heterocycles. The maximum Gasteiger partial charge on any atom is 0.137 e. The molecule has 0 amide bonds. The molecule has 0 radical (unpaired) electrons. The Kier molecular flexibility index (Phi) is 5.11. The van der Waals surface area contributed by atoms with Crippen molar-refractivity contribution in [2.24, 2.45) is 0 Å². The monoisotopic (exact) mass is 299 g/mol. The zero-order valence-electron chi connectivity index (χ0n) is 13.3. The highest BCUT2D eigenvalue weighted by Gasteiger charge is 2.17. The first-order valence-corrected chi connectivity index (χ1v) is 8.35. The third-order valence-electron chi connectivity index (χ3n) is 4.27. The van der Waals surface area contributed by atoms with Crippen molar-refractivity contribution in [3.63, 3.8) is 0 Å². The van der Waals surface area contributed by atoms with E-state index in [-0.39, 0.29) is 0 Å². The second-order valence-electron chi connectivity index (χ2n) is 5.94. The summed E-state index contributed by atoms with van der Waals surface area (Å²) in [5.74, 6) is 2.50. The Bertz CT molecular complexity index is 570. The first kappa shape index (κ1) is 15.1. The lowest BCUT2D eigenvalue weighted by Crippen LogP contribution is -2.26. The molecule has 3 rings (SSSR count). The predicted octanol–water partition coefficient (Wildman–Crippen LogP) is 3.72. The molecule has 1 fully saturated rings. The number of aromatic amines is 1. The molecule has 4 nitrogen and oxygen atoms in total. The van der Waals surface area contributed by atoms with Gasteiger partial charge in [-0.3, -0.25) is 0 Å². The van der Waals surface area contributed by atoms with E-state index in [1.165, 1.54) is 18.5 Å². The summed E-state index contributed by atoms with van der Waals surface area (Å²) in [7, 11) is 0. The molecule has 2 aromatic rings. The lowest BCUT2D eigenvalue weighted by Gasteiger charge is -2.21. The fourth-order valence-electron chi connectivity index (χ4n) is 2.87. The molecule has 1 aliphatic rings. The van der Waals surface area contributed by atoms with Crippen LogP contribution in [-0.2, 0) is 0 Å². The second kappa shape index (κ2) is 7.45. The Balaban J connectivity index is 1.65. The molecule has 22 heavy (non-hydrogen) atoms. The van der Waals surface area contributed by atoms with E-state index >= 15 is 0 Å². The van der Waals surface area contributed by atoms with Crippen LogP contribution in [0.1, 0.15) is 44.2 Å². The van der Waals surface area contributed by atoms with Crippen LogP contribution in [0, 0.1) is 0 Å². The number of imidazole rings is 1. The van der Waals surface area contributed by atoms with Crippen LogP contribution in [0.4, 0.5) is 0 Å². The number of H-pyrrole nitrogens is 1. The van der Waals surface area contributed by atoms with Crippen LogP contribution < -0.4 is 10.1 Å². The van der Waals surface area contributed by atoms with Gasteiger partial charge in [0.2, 0.25) is 0 Å². The van der Waals surface area contributed by atoms with Crippen LogP contribution in [0.5, 0.6) is 5.75 Å². The Labute approximate surface area is 132 Å². The van der Waals surface area contributed by atoms with E-state index in [1.54, 1.807) is 0 Å². The highest BCUT2D eigenvalue weighted by atomic mass is 16.5. The largest absolute Gasteiger partial charge is 0.494 e. The number of benzene rings is 1. The molecule has 0 atom stereocenters. The summed E-state index contributed by atoms with van der Waals surface area (Å²) in [4.78, 5) is 8.04. The van der Waals surface area contributed by atoms with Gasteiger partial charge < -0.3 is 15.0 Å². The van der Waals surface area contributed by atoms with Crippen molar-refractivity contribution in [2.45, 2.75) is 38.5 Å². The summed E-state index contributed by atoms with van der Waals surface area (Å²) in [6, 6.07) is 8.20. The molecule has 0 bridgehead atoms. The van der Waals surface area contributed by atoms with E-state index in [4.69, 9.17) is 4.74 Å². The Morgan fingerprint density at radius 1 is 1.18 bits per heavy atom. The van der Waals surface area contributed by atoms with E-state index in [0.717, 1.165) is 49.7 Å². The SMILES string of the molecule is CCCCOc1ccc(-c2ncc(C3CCNCC3)[nH]2)cc1. The maximum atomic E-state index is 5.70. The molecule has 1 saturated heterocycles. The van der Waals surface area contributed by atoms with Crippen molar-refractivity contribution in [3.8, 4) is 17.1 Å². The van der Waals surface area contributed by atoms with Crippen LogP contribution in [0.2, 0.25) is 0 Å². The number of aromatic nitrogens is 2. The molecule has 1 aromatic carbocycles. The third-order valence-corrected chi connectivity index (χ3v) is 4.27. The van der Waals surface area contributed by atoms with Gasteiger partial charge in [-0.1, -0.05) is 13.3 Å². The number of unbranched alkanes of at least 4 members (excludes halogenated alkanes) is 1. The van der Waals surface area contributed by atoms with Crippen molar-refractivity contribution < 1.29 is 4.74 Å². The van der Waals surface area contributed by atoms with Gasteiger partial charge in [0, 0.05) is 23.4 Å². The molecule has 118 valence electrons. The summed E-state index contributed by atoms with van der Waals surface area (Å²) in [6.45, 7) is 5.16. The Morgan fingerprint density at radius 3 is 2.68 bits per heavy atom. The Hall–Kier alpha value is -1.81. The number of piperidine rings is 1. The van der Waals surface area contributed by atoms with E-state index < -0.39 is 0 Å². The number of hydrogen-bond donors (Lipinski definition) is 2. The standard InChI is InChI=1S/C18H25N3O/c1-2-3-12-22-16-6-4-15(5-7-16)18-20-13-17(21-18)14-8-10-19-11-9-14/h4-7,13-14,19H,2-3,8-12H2,1H3,(H,20,21). The fraction of sp³-hybridized carbons (Fsp3) is 0.500. The summed E-state index contributed by atoms with van der Waals surface area (Å²) in [6.07, 6.45) is 6.62. The van der Waals surface area contributed by atoms with Crippen LogP contribution in [-0.4, -0.2) is 29.7 Å². The van der Waals surface area contributed by atoms with Gasteiger partial charge in [-0.15, -0.1) is 0 Å². The summed E-state index contributed by atoms with van der Waals surface area (Å²) in [5.41, 5.74) is 2.38. The molecule has 0 aliphatic carbocycles. The topological polar surface area (TPSA) is 49.9 Å². The lowest BCUT2D eigenvalue weighted by atomic mass is 9.95. The summed E-state index contributed by atoms with van der Waals surface area (Å²) < 4.78 is 5.70. The van der Waals surface area contributed by atoms with Crippen LogP contribution in [0.25, 0.3) is 11.4 Å². The fourth-order valence-corrected chi connectivity index (χ4v) is 2.87. The highest BCUT2D eigenvalue weighted by Crippen LogP contribution is 2.26. The van der Waals surface area contributed by atoms with Gasteiger partial charge in [-0.25, -0.2) is 4.98 Å². The molecular formula is C18H25N3O. The van der Waals surface area contributed by atoms with Crippen molar-refractivity contribution in [1.29, 1.82) is 0 Å². The maximum absolute atomic E-state index is 5.70. The molecule has 0 unspecified atom stereocenters. The second-order valence-corrected chi connectivity index (χ2v) is 5.94. The average Bonchev–Trinajstić information content (AvgIpc) is 3.07. The van der Waals surface area contributed by atoms with Crippen LogP contribution in [0.3, 0.4) is 0 Å². The highest BCUT2D eigenvalue weighted by molar-refractivity contribution is 5.56. The lowest BCUT2D eigenvalue weighted by molar-refractivity contribution is 0.309. The van der Waals surface area contributed by atoms with E-state index in [1.807, 2.05) is 18.3 Å². The van der Waals surface area contributed by atoms with Crippen molar-refractivity contribution in [3.05, 3.63) is 36.2 Å². The zero-order chi connectivity index (χ0) is 15.2. The predicted molar refractivity (Wildman–Crippen MR) is 89.3 cm³/mol. The number of rotatable bonds is 6. The summed E-state index contributed by atoms with van der Waals surface area (Å²) >= 11 is 0. The smallest absolute Gasteiger partial charge is 0.137 e. The van der Waals surface area contributed by atoms with E-state index in [0.29, 0.717) is 5.92 Å². The first-order valence-electron chi connectivity index (χ1n) is 8.35. The van der Waals surface area contributed by atoms with Crippen LogP contribution in [0.15, 0.2) is 30.5 Å². The number of ether oxygens (including phenoxy) is 1. The van der Waals surface area contributed by atoms with Gasteiger partial charge in [0.25, 0.3) is 0 Å². The zero-order valence-corrected chi connectivity index (χ0v) is 13.3. The van der Waals surface area contributed by atoms with Gasteiger partial charge in [0.05, 0.1) is 6.61 Å². The minimum Gasteiger partial charge on any atom is -0.494 e. The van der Waals surface area contributed by atoms with Gasteiger partial charge in [-0.2, -0.15) is 0 Å². The average molecular weight is 299 g/mol. The van der Waals surface area contributed by atoms with Crippen molar-refractivity contribution >= 4 is 0 Å². The normalized spacial score (nSPS) is 15.9. The van der Waals surface area contributed by atoms with Crippen LogP contribution >= 0.6 is 0 Å². The molecule has 2 heterocycles. The quantitative estimate of drug-likeness (QED) is 0.799. The van der Waals surface area contributed by atoms with E-state index in [2.05, 4.69) is 34.3 Å². The van der Waals surface area contributed by atoms with Crippen molar-refractivity contribution in [1.82, 2.24) is 15.3 Å². The molecular weight excluding hydrogens is 274 g/mol. The Morgan fingerprint density at radius 2 is 1.95 bits per heavy atom. The van der Waals surface area contributed by atoms with E-state index in [9.17, 15) is 0 Å². The van der Waals surface area contributed by atoms with Gasteiger partial charge in [-0.05, 0) is 56.6 Å². The summed E-state index contributed by atoms with van der Waals surface area (Å²) in [5, 5.41) is 3.40. The third kappa shape index (κ3) is 3.69. The minimum atomic E-state index is 0.610.